The summed E-state index contributed by atoms with van der Waals surface area (Å²) < 4.78 is 38.3. The van der Waals surface area contributed by atoms with Gasteiger partial charge >= 0.3 is 6.18 Å². The minimum absolute atomic E-state index is 0.198. The fourth-order valence-electron chi connectivity index (χ4n) is 3.77. The van der Waals surface area contributed by atoms with Crippen molar-refractivity contribution in [1.82, 2.24) is 21.3 Å². The number of rotatable bonds is 12. The molecule has 1 rings (SSSR count). The van der Waals surface area contributed by atoms with Crippen LogP contribution in [0.25, 0.3) is 0 Å². The summed E-state index contributed by atoms with van der Waals surface area (Å²) in [6, 6.07) is 0.750. The van der Waals surface area contributed by atoms with Gasteiger partial charge in [-0.1, -0.05) is 65.0 Å². The van der Waals surface area contributed by atoms with Crippen molar-refractivity contribution in [2.45, 2.75) is 86.2 Å². The highest BCUT2D eigenvalue weighted by Gasteiger charge is 2.36. The Morgan fingerprint density at radius 3 is 1.86 bits per heavy atom. The SMILES string of the molecule is C/C=C\C(=C/C)C(=O)N[C@H](C(=O)N[C@@H](C)C(=O)N[C@H](C(=O)C(=O)NCc1ccc(C(F)(F)F)cc1)C(C)C)C(C)(C)C. The van der Waals surface area contributed by atoms with Crippen LogP contribution in [0.1, 0.15) is 66.5 Å². The first-order valence-corrected chi connectivity index (χ1v) is 13.5. The van der Waals surface area contributed by atoms with Crippen LogP contribution < -0.4 is 21.3 Å². The Labute approximate surface area is 244 Å². The molecule has 0 fully saturated rings. The van der Waals surface area contributed by atoms with E-state index in [1.54, 1.807) is 66.7 Å². The summed E-state index contributed by atoms with van der Waals surface area (Å²) in [5.41, 5.74) is -0.852. The second kappa shape index (κ2) is 15.3. The lowest BCUT2D eigenvalue weighted by molar-refractivity contribution is -0.141. The van der Waals surface area contributed by atoms with Gasteiger partial charge in [0.15, 0.2) is 0 Å². The van der Waals surface area contributed by atoms with Gasteiger partial charge in [0.25, 0.3) is 11.8 Å². The Bertz CT molecular complexity index is 1200. The number of carbonyl (C=O) groups is 5. The summed E-state index contributed by atoms with van der Waals surface area (Å²) in [7, 11) is 0. The summed E-state index contributed by atoms with van der Waals surface area (Å²) in [5, 5.41) is 10.1. The molecule has 0 saturated carbocycles. The number of benzene rings is 1. The van der Waals surface area contributed by atoms with E-state index in [0.717, 1.165) is 12.1 Å². The minimum Gasteiger partial charge on any atom is -0.345 e. The average molecular weight is 595 g/mol. The van der Waals surface area contributed by atoms with Crippen molar-refractivity contribution in [3.8, 4) is 0 Å². The number of carbonyl (C=O) groups excluding carboxylic acids is 5. The number of nitrogens with one attached hydrogen (secondary N) is 4. The van der Waals surface area contributed by atoms with E-state index >= 15 is 0 Å². The molecule has 12 heteroatoms. The van der Waals surface area contributed by atoms with Gasteiger partial charge in [-0.2, -0.15) is 13.2 Å². The van der Waals surface area contributed by atoms with Gasteiger partial charge in [0.1, 0.15) is 12.1 Å². The van der Waals surface area contributed by atoms with Gasteiger partial charge in [0.2, 0.25) is 17.6 Å². The Hall–Kier alpha value is -3.96. The number of Topliss-reactive ketones (excluding diaryl/α,β-unsaturated/α-hetero) is 1. The predicted octanol–water partition coefficient (Wildman–Crippen LogP) is 3.59. The molecule has 0 aliphatic heterocycles. The molecule has 0 bridgehead atoms. The van der Waals surface area contributed by atoms with Crippen LogP contribution >= 0.6 is 0 Å². The molecule has 42 heavy (non-hydrogen) atoms. The molecule has 9 nitrogen and oxygen atoms in total. The number of hydrogen-bond donors (Lipinski definition) is 4. The molecule has 0 radical (unpaired) electrons. The van der Waals surface area contributed by atoms with Crippen LogP contribution in [0, 0.1) is 11.3 Å². The molecule has 1 aromatic carbocycles. The van der Waals surface area contributed by atoms with E-state index < -0.39 is 70.6 Å². The molecule has 4 amide bonds. The Morgan fingerprint density at radius 1 is 0.833 bits per heavy atom. The molecular formula is C30H41F3N4O5. The molecule has 4 N–H and O–H groups in total. The van der Waals surface area contributed by atoms with Crippen LogP contribution in [-0.4, -0.2) is 47.5 Å². The lowest BCUT2D eigenvalue weighted by atomic mass is 9.85. The van der Waals surface area contributed by atoms with Crippen molar-refractivity contribution in [3.63, 3.8) is 0 Å². The summed E-state index contributed by atoms with van der Waals surface area (Å²) >= 11 is 0. The maximum absolute atomic E-state index is 13.1. The highest BCUT2D eigenvalue weighted by molar-refractivity contribution is 6.38. The third-order valence-electron chi connectivity index (χ3n) is 6.28. The minimum atomic E-state index is -4.50. The van der Waals surface area contributed by atoms with E-state index in [-0.39, 0.29) is 6.54 Å². The van der Waals surface area contributed by atoms with E-state index in [1.807, 2.05) is 0 Å². The number of hydrogen-bond acceptors (Lipinski definition) is 5. The molecule has 0 heterocycles. The maximum atomic E-state index is 13.1. The van der Waals surface area contributed by atoms with Crippen LogP contribution in [-0.2, 0) is 36.7 Å². The first-order valence-electron chi connectivity index (χ1n) is 13.5. The van der Waals surface area contributed by atoms with Crippen molar-refractivity contribution < 1.29 is 37.1 Å². The zero-order chi connectivity index (χ0) is 32.4. The molecule has 232 valence electrons. The summed E-state index contributed by atoms with van der Waals surface area (Å²) in [6.07, 6.45) is 0.396. The Morgan fingerprint density at radius 2 is 1.40 bits per heavy atom. The lowest BCUT2D eigenvalue weighted by Gasteiger charge is -2.31. The standard InChI is InChI=1S/C30H41F3N4O5/c1-9-11-20(10-2)26(40)37-24(29(6,7)8)28(42)35-18(5)25(39)36-22(17(3)4)23(38)27(41)34-16-19-12-14-21(15-13-19)30(31,32)33/h9-15,17-18,22,24H,16H2,1-8H3,(H,34,41)(H,35,42)(H,36,39)(H,37,40)/b11-9-,20-10+/t18-,22-,24+/m0/s1. The number of amides is 4. The highest BCUT2D eigenvalue weighted by Crippen LogP contribution is 2.29. The van der Waals surface area contributed by atoms with Crippen molar-refractivity contribution >= 4 is 29.4 Å². The second-order valence-corrected chi connectivity index (χ2v) is 11.2. The monoisotopic (exact) mass is 594 g/mol. The van der Waals surface area contributed by atoms with E-state index in [2.05, 4.69) is 21.3 Å². The zero-order valence-corrected chi connectivity index (χ0v) is 25.2. The van der Waals surface area contributed by atoms with E-state index in [4.69, 9.17) is 0 Å². The first-order chi connectivity index (χ1) is 19.3. The molecule has 0 saturated heterocycles. The van der Waals surface area contributed by atoms with Crippen LogP contribution in [0.5, 0.6) is 0 Å². The maximum Gasteiger partial charge on any atom is 0.416 e. The van der Waals surface area contributed by atoms with Gasteiger partial charge in [-0.15, -0.1) is 0 Å². The van der Waals surface area contributed by atoms with E-state index in [0.29, 0.717) is 11.1 Å². The Kier molecular flexibility index (Phi) is 13.2. The van der Waals surface area contributed by atoms with Gasteiger partial charge in [0, 0.05) is 12.1 Å². The van der Waals surface area contributed by atoms with Gasteiger partial charge < -0.3 is 21.3 Å². The van der Waals surface area contributed by atoms with Crippen molar-refractivity contribution in [1.29, 1.82) is 0 Å². The molecule has 0 unspecified atom stereocenters. The number of allylic oxidation sites excluding steroid dienone is 2. The molecule has 0 aliphatic carbocycles. The molecule has 0 aromatic heterocycles. The number of halogens is 3. The van der Waals surface area contributed by atoms with Gasteiger partial charge in [-0.3, -0.25) is 24.0 Å². The third kappa shape index (κ3) is 10.8. The number of ketones is 1. The van der Waals surface area contributed by atoms with Crippen LogP contribution in [0.4, 0.5) is 13.2 Å². The van der Waals surface area contributed by atoms with Gasteiger partial charge in [0.05, 0.1) is 11.6 Å². The third-order valence-corrected chi connectivity index (χ3v) is 6.28. The zero-order valence-electron chi connectivity index (χ0n) is 25.2. The Balaban J connectivity index is 2.89. The van der Waals surface area contributed by atoms with Crippen molar-refractivity contribution in [3.05, 3.63) is 59.2 Å². The fraction of sp³-hybridized carbons (Fsp3) is 0.500. The fourth-order valence-corrected chi connectivity index (χ4v) is 3.77. The van der Waals surface area contributed by atoms with Crippen molar-refractivity contribution in [2.24, 2.45) is 11.3 Å². The van der Waals surface area contributed by atoms with Crippen molar-refractivity contribution in [2.75, 3.05) is 0 Å². The van der Waals surface area contributed by atoms with Crippen LogP contribution in [0.2, 0.25) is 0 Å². The first kappa shape index (κ1) is 36.1. The van der Waals surface area contributed by atoms with E-state index in [9.17, 15) is 37.1 Å². The summed E-state index contributed by atoms with van der Waals surface area (Å²) in [5.74, 6) is -4.29. The summed E-state index contributed by atoms with van der Waals surface area (Å²) in [6.45, 7) is 13.1. The lowest BCUT2D eigenvalue weighted by Crippen LogP contribution is -2.59. The van der Waals surface area contributed by atoms with E-state index in [1.165, 1.54) is 19.1 Å². The smallest absolute Gasteiger partial charge is 0.345 e. The predicted molar refractivity (Wildman–Crippen MR) is 153 cm³/mol. The molecule has 0 aliphatic rings. The molecular weight excluding hydrogens is 553 g/mol. The van der Waals surface area contributed by atoms with Gasteiger partial charge in [-0.05, 0) is 49.8 Å². The quantitative estimate of drug-likeness (QED) is 0.167. The highest BCUT2D eigenvalue weighted by atomic mass is 19.4. The number of alkyl halides is 3. The van der Waals surface area contributed by atoms with Crippen LogP contribution in [0.15, 0.2) is 48.1 Å². The average Bonchev–Trinajstić information content (AvgIpc) is 2.89. The normalized spacial score (nSPS) is 14.6. The van der Waals surface area contributed by atoms with Crippen LogP contribution in [0.3, 0.4) is 0 Å². The molecule has 0 spiro atoms. The summed E-state index contributed by atoms with van der Waals surface area (Å²) in [4.78, 5) is 64.2. The molecule has 3 atom stereocenters. The topological polar surface area (TPSA) is 133 Å². The molecule has 1 aromatic rings. The van der Waals surface area contributed by atoms with Gasteiger partial charge in [-0.25, -0.2) is 0 Å². The second-order valence-electron chi connectivity index (χ2n) is 11.2. The largest absolute Gasteiger partial charge is 0.416 e.